The molecular formula is C10H22N2O3S. The Morgan fingerprint density at radius 1 is 1.38 bits per heavy atom. The van der Waals surface area contributed by atoms with Crippen LogP contribution in [0.3, 0.4) is 0 Å². The van der Waals surface area contributed by atoms with Crippen LogP contribution in [0.15, 0.2) is 0 Å². The van der Waals surface area contributed by atoms with Crippen LogP contribution >= 0.6 is 0 Å². The smallest absolute Gasteiger partial charge is 0.218 e. The van der Waals surface area contributed by atoms with Gasteiger partial charge in [0.15, 0.2) is 0 Å². The highest BCUT2D eigenvalue weighted by molar-refractivity contribution is 7.89. The Hall–Kier alpha value is -0.170. The predicted molar refractivity (Wildman–Crippen MR) is 63.9 cm³/mol. The Bertz CT molecular complexity index is 284. The third kappa shape index (κ3) is 3.69. The molecule has 1 saturated heterocycles. The summed E-state index contributed by atoms with van der Waals surface area (Å²) in [5.74, 6) is 0. The highest BCUT2D eigenvalue weighted by Crippen LogP contribution is 2.11. The number of ether oxygens (including phenoxy) is 1. The maximum absolute atomic E-state index is 12.2. The van der Waals surface area contributed by atoms with Gasteiger partial charge in [-0.2, -0.15) is 4.31 Å². The fourth-order valence-corrected chi connectivity index (χ4v) is 3.24. The summed E-state index contributed by atoms with van der Waals surface area (Å²) in [6.45, 7) is 7.26. The minimum absolute atomic E-state index is 0.370. The summed E-state index contributed by atoms with van der Waals surface area (Å²) < 4.78 is 31.2. The molecule has 1 unspecified atom stereocenters. The summed E-state index contributed by atoms with van der Waals surface area (Å²) >= 11 is 0. The number of hydrogen-bond acceptors (Lipinski definition) is 4. The predicted octanol–water partition coefficient (Wildman–Crippen LogP) is 0.0365. The van der Waals surface area contributed by atoms with Crippen LogP contribution in [0.2, 0.25) is 0 Å². The van der Waals surface area contributed by atoms with Crippen LogP contribution < -0.4 is 5.32 Å². The average molecular weight is 250 g/mol. The first-order chi connectivity index (χ1) is 7.59. The third-order valence-electron chi connectivity index (χ3n) is 2.73. The van der Waals surface area contributed by atoms with Crippen molar-refractivity contribution in [1.29, 1.82) is 0 Å². The van der Waals surface area contributed by atoms with Gasteiger partial charge in [-0.3, -0.25) is 0 Å². The minimum Gasteiger partial charge on any atom is -0.380 e. The molecule has 6 heteroatoms. The van der Waals surface area contributed by atoms with E-state index >= 15 is 0 Å². The van der Waals surface area contributed by atoms with Gasteiger partial charge < -0.3 is 10.1 Å². The highest BCUT2D eigenvalue weighted by Gasteiger charge is 2.28. The minimum atomic E-state index is -3.17. The molecule has 0 amide bonds. The van der Waals surface area contributed by atoms with E-state index in [1.165, 1.54) is 0 Å². The molecule has 16 heavy (non-hydrogen) atoms. The molecular weight excluding hydrogens is 228 g/mol. The molecule has 96 valence electrons. The van der Waals surface area contributed by atoms with Crippen molar-refractivity contribution < 1.29 is 13.2 Å². The molecule has 0 aromatic rings. The summed E-state index contributed by atoms with van der Waals surface area (Å²) in [4.78, 5) is 0. The molecule has 1 rings (SSSR count). The van der Waals surface area contributed by atoms with Crippen LogP contribution in [0.5, 0.6) is 0 Å². The number of nitrogens with zero attached hydrogens (tertiary/aromatic N) is 1. The van der Waals surface area contributed by atoms with Gasteiger partial charge in [-0.15, -0.1) is 0 Å². The van der Waals surface area contributed by atoms with Gasteiger partial charge in [0.2, 0.25) is 10.0 Å². The summed E-state index contributed by atoms with van der Waals surface area (Å²) in [6, 6.07) is 0. The van der Waals surface area contributed by atoms with Crippen molar-refractivity contribution in [3.05, 3.63) is 0 Å². The molecule has 0 bridgehead atoms. The van der Waals surface area contributed by atoms with E-state index in [1.54, 1.807) is 11.2 Å². The first kappa shape index (κ1) is 13.9. The van der Waals surface area contributed by atoms with Crippen molar-refractivity contribution >= 4 is 10.0 Å². The summed E-state index contributed by atoms with van der Waals surface area (Å²) in [6.07, 6.45) is 0.785. The highest BCUT2D eigenvalue weighted by atomic mass is 32.2. The van der Waals surface area contributed by atoms with Crippen molar-refractivity contribution in [2.24, 2.45) is 0 Å². The van der Waals surface area contributed by atoms with Crippen molar-refractivity contribution in [2.45, 2.75) is 25.5 Å². The Labute approximate surface area is 98.2 Å². The van der Waals surface area contributed by atoms with E-state index in [0.29, 0.717) is 32.8 Å². The summed E-state index contributed by atoms with van der Waals surface area (Å²) in [5, 5.41) is 2.70. The van der Waals surface area contributed by atoms with Gasteiger partial charge in [-0.25, -0.2) is 8.42 Å². The van der Waals surface area contributed by atoms with E-state index in [1.807, 2.05) is 6.92 Å². The van der Waals surface area contributed by atoms with Gasteiger partial charge in [0.25, 0.3) is 0 Å². The fraction of sp³-hybridized carbons (Fsp3) is 1.00. The van der Waals surface area contributed by atoms with Crippen LogP contribution in [0.4, 0.5) is 0 Å². The van der Waals surface area contributed by atoms with E-state index in [4.69, 9.17) is 4.74 Å². The molecule has 0 saturated carbocycles. The van der Waals surface area contributed by atoms with Crippen LogP contribution in [-0.4, -0.2) is 57.4 Å². The SMILES string of the molecule is CCNCC(C)S(=O)(=O)N1CCCOCC1. The van der Waals surface area contributed by atoms with Crippen LogP contribution in [0.25, 0.3) is 0 Å². The van der Waals surface area contributed by atoms with Gasteiger partial charge in [-0.05, 0) is 19.9 Å². The number of nitrogens with one attached hydrogen (secondary N) is 1. The van der Waals surface area contributed by atoms with Crippen LogP contribution in [0, 0.1) is 0 Å². The molecule has 1 fully saturated rings. The van der Waals surface area contributed by atoms with Gasteiger partial charge in [0.05, 0.1) is 11.9 Å². The molecule has 1 N–H and O–H groups in total. The number of sulfonamides is 1. The Morgan fingerprint density at radius 3 is 2.81 bits per heavy atom. The molecule has 0 aromatic heterocycles. The van der Waals surface area contributed by atoms with Crippen LogP contribution in [0.1, 0.15) is 20.3 Å². The largest absolute Gasteiger partial charge is 0.380 e. The molecule has 1 atom stereocenters. The lowest BCUT2D eigenvalue weighted by Gasteiger charge is -2.23. The third-order valence-corrected chi connectivity index (χ3v) is 5.00. The second-order valence-electron chi connectivity index (χ2n) is 4.03. The lowest BCUT2D eigenvalue weighted by atomic mass is 10.4. The van der Waals surface area contributed by atoms with Crippen molar-refractivity contribution in [3.63, 3.8) is 0 Å². The van der Waals surface area contributed by atoms with Gasteiger partial charge in [0.1, 0.15) is 0 Å². The average Bonchev–Trinajstić information content (AvgIpc) is 2.54. The Kier molecular flexibility index (Phi) is 5.68. The van der Waals surface area contributed by atoms with E-state index in [0.717, 1.165) is 13.0 Å². The topological polar surface area (TPSA) is 58.6 Å². The molecule has 1 aliphatic heterocycles. The van der Waals surface area contributed by atoms with E-state index in [9.17, 15) is 8.42 Å². The van der Waals surface area contributed by atoms with Gasteiger partial charge in [-0.1, -0.05) is 6.92 Å². The molecule has 1 aliphatic rings. The molecule has 5 nitrogen and oxygen atoms in total. The van der Waals surface area contributed by atoms with E-state index in [-0.39, 0.29) is 5.25 Å². The maximum Gasteiger partial charge on any atom is 0.218 e. The molecule has 0 radical (unpaired) electrons. The standard InChI is InChI=1S/C10H22N2O3S/c1-3-11-9-10(2)16(13,14)12-5-4-7-15-8-6-12/h10-11H,3-9H2,1-2H3. The van der Waals surface area contributed by atoms with Crippen molar-refractivity contribution in [3.8, 4) is 0 Å². The molecule has 0 aromatic carbocycles. The lowest BCUT2D eigenvalue weighted by molar-refractivity contribution is 0.148. The fourth-order valence-electron chi connectivity index (χ4n) is 1.69. The summed E-state index contributed by atoms with van der Waals surface area (Å²) in [5.41, 5.74) is 0. The number of rotatable bonds is 5. The molecule has 0 spiro atoms. The van der Waals surface area contributed by atoms with Crippen LogP contribution in [-0.2, 0) is 14.8 Å². The monoisotopic (exact) mass is 250 g/mol. The summed E-state index contributed by atoms with van der Waals surface area (Å²) in [7, 11) is -3.17. The zero-order valence-corrected chi connectivity index (χ0v) is 10.9. The van der Waals surface area contributed by atoms with Crippen molar-refractivity contribution in [2.75, 3.05) is 39.4 Å². The maximum atomic E-state index is 12.2. The van der Waals surface area contributed by atoms with Gasteiger partial charge in [0, 0.05) is 26.2 Å². The van der Waals surface area contributed by atoms with Crippen molar-refractivity contribution in [1.82, 2.24) is 9.62 Å². The van der Waals surface area contributed by atoms with E-state index in [2.05, 4.69) is 5.32 Å². The molecule has 0 aliphatic carbocycles. The second kappa shape index (κ2) is 6.54. The second-order valence-corrected chi connectivity index (χ2v) is 6.38. The lowest BCUT2D eigenvalue weighted by Crippen LogP contribution is -2.43. The Balaban J connectivity index is 2.59. The number of hydrogen-bond donors (Lipinski definition) is 1. The molecule has 1 heterocycles. The quantitative estimate of drug-likeness (QED) is 0.748. The first-order valence-electron chi connectivity index (χ1n) is 5.86. The zero-order chi connectivity index (χ0) is 12.0. The zero-order valence-electron chi connectivity index (χ0n) is 10.1. The van der Waals surface area contributed by atoms with E-state index < -0.39 is 10.0 Å². The first-order valence-corrected chi connectivity index (χ1v) is 7.36. The normalized spacial score (nSPS) is 21.6. The van der Waals surface area contributed by atoms with Gasteiger partial charge >= 0.3 is 0 Å². The Morgan fingerprint density at radius 2 is 2.12 bits per heavy atom.